The Bertz CT molecular complexity index is 259. The molecule has 0 unspecified atom stereocenters. The van der Waals surface area contributed by atoms with E-state index in [4.69, 9.17) is 10.9 Å². The Morgan fingerprint density at radius 3 is 2.36 bits per heavy atom. The summed E-state index contributed by atoms with van der Waals surface area (Å²) in [5.41, 5.74) is 5.42. The second-order valence-corrected chi connectivity index (χ2v) is 4.89. The van der Waals surface area contributed by atoms with Gasteiger partial charge in [0, 0.05) is 19.1 Å². The van der Waals surface area contributed by atoms with Crippen molar-refractivity contribution in [3.05, 3.63) is 0 Å². The first-order valence-corrected chi connectivity index (χ1v) is 6.28. The average molecular weight is 222 g/mol. The lowest BCUT2D eigenvalue weighted by molar-refractivity contribution is 0.212. The second kappa shape index (κ2) is 5.04. The molecule has 1 aliphatic rings. The molecule has 0 saturated carbocycles. The Labute approximate surface area is 84.8 Å². The molecular weight excluding hydrogens is 204 g/mol. The molecule has 0 spiro atoms. The van der Waals surface area contributed by atoms with Crippen LogP contribution in [0.25, 0.3) is 0 Å². The standard InChI is InChI=1S/C7H18N4O2S/c8-3-6-11-4-1-7(2-5-11)10-14(9,12)13/h7,10H,1-6,8H2,(H2,9,12,13). The predicted molar refractivity (Wildman–Crippen MR) is 54.8 cm³/mol. The number of nitrogens with one attached hydrogen (secondary N) is 1. The van der Waals surface area contributed by atoms with Crippen molar-refractivity contribution < 1.29 is 8.42 Å². The van der Waals surface area contributed by atoms with Crippen molar-refractivity contribution in [1.82, 2.24) is 9.62 Å². The third-order valence-corrected chi connectivity index (χ3v) is 3.03. The number of nitrogens with zero attached hydrogens (tertiary/aromatic N) is 1. The van der Waals surface area contributed by atoms with E-state index in [0.717, 1.165) is 32.5 Å². The number of hydrogen-bond acceptors (Lipinski definition) is 4. The summed E-state index contributed by atoms with van der Waals surface area (Å²) < 4.78 is 23.9. The van der Waals surface area contributed by atoms with Gasteiger partial charge in [-0.1, -0.05) is 0 Å². The van der Waals surface area contributed by atoms with Gasteiger partial charge in [-0.05, 0) is 25.9 Å². The van der Waals surface area contributed by atoms with Crippen LogP contribution in [0.15, 0.2) is 0 Å². The number of piperidine rings is 1. The Morgan fingerprint density at radius 1 is 1.36 bits per heavy atom. The minimum Gasteiger partial charge on any atom is -0.329 e. The minimum absolute atomic E-state index is 0.0148. The van der Waals surface area contributed by atoms with E-state index in [-0.39, 0.29) is 6.04 Å². The maximum atomic E-state index is 10.7. The number of hydrogen-bond donors (Lipinski definition) is 3. The Balaban J connectivity index is 2.29. The molecule has 1 aliphatic heterocycles. The van der Waals surface area contributed by atoms with Crippen LogP contribution in [0.3, 0.4) is 0 Å². The van der Waals surface area contributed by atoms with Gasteiger partial charge in [0.15, 0.2) is 0 Å². The molecule has 0 aromatic rings. The lowest BCUT2D eigenvalue weighted by Gasteiger charge is -2.31. The highest BCUT2D eigenvalue weighted by Crippen LogP contribution is 2.09. The Morgan fingerprint density at radius 2 is 1.93 bits per heavy atom. The summed E-state index contributed by atoms with van der Waals surface area (Å²) in [5.74, 6) is 0. The summed E-state index contributed by atoms with van der Waals surface area (Å²) in [7, 11) is -3.55. The zero-order chi connectivity index (χ0) is 10.6. The summed E-state index contributed by atoms with van der Waals surface area (Å²) in [5, 5.41) is 4.89. The third-order valence-electron chi connectivity index (χ3n) is 2.36. The van der Waals surface area contributed by atoms with Gasteiger partial charge in [0.25, 0.3) is 10.2 Å². The van der Waals surface area contributed by atoms with Gasteiger partial charge in [-0.15, -0.1) is 0 Å². The molecular formula is C7H18N4O2S. The van der Waals surface area contributed by atoms with Gasteiger partial charge in [-0.2, -0.15) is 13.1 Å². The summed E-state index contributed by atoms with van der Waals surface area (Å²) in [6.45, 7) is 3.28. The molecule has 5 N–H and O–H groups in total. The molecule has 0 aromatic carbocycles. The molecule has 1 fully saturated rings. The van der Waals surface area contributed by atoms with Gasteiger partial charge in [0.2, 0.25) is 0 Å². The molecule has 1 heterocycles. The fraction of sp³-hybridized carbons (Fsp3) is 1.00. The Kier molecular flexibility index (Phi) is 4.27. The van der Waals surface area contributed by atoms with E-state index in [9.17, 15) is 8.42 Å². The van der Waals surface area contributed by atoms with Crippen molar-refractivity contribution >= 4 is 10.2 Å². The quantitative estimate of drug-likeness (QED) is 0.522. The van der Waals surface area contributed by atoms with Crippen molar-refractivity contribution in [3.63, 3.8) is 0 Å². The fourth-order valence-electron chi connectivity index (χ4n) is 1.69. The van der Waals surface area contributed by atoms with Gasteiger partial charge in [0.1, 0.15) is 0 Å². The first-order valence-electron chi connectivity index (χ1n) is 4.74. The summed E-state index contributed by atoms with van der Waals surface area (Å²) in [6.07, 6.45) is 1.60. The molecule has 7 heteroatoms. The Hall–Kier alpha value is -0.210. The van der Waals surface area contributed by atoms with Gasteiger partial charge in [-0.3, -0.25) is 0 Å². The van der Waals surface area contributed by atoms with Gasteiger partial charge in [-0.25, -0.2) is 5.14 Å². The molecule has 0 amide bonds. The largest absolute Gasteiger partial charge is 0.329 e. The molecule has 84 valence electrons. The molecule has 0 radical (unpaired) electrons. The first-order chi connectivity index (χ1) is 6.51. The molecule has 1 rings (SSSR count). The van der Waals surface area contributed by atoms with Crippen LogP contribution in [0.2, 0.25) is 0 Å². The average Bonchev–Trinajstić information content (AvgIpc) is 2.06. The van der Waals surface area contributed by atoms with Crippen molar-refractivity contribution in [2.45, 2.75) is 18.9 Å². The summed E-state index contributed by atoms with van der Waals surface area (Å²) >= 11 is 0. The highest BCUT2D eigenvalue weighted by atomic mass is 32.2. The minimum atomic E-state index is -3.55. The van der Waals surface area contributed by atoms with E-state index in [2.05, 4.69) is 9.62 Å². The van der Waals surface area contributed by atoms with Crippen LogP contribution in [0.1, 0.15) is 12.8 Å². The zero-order valence-electron chi connectivity index (χ0n) is 8.15. The topological polar surface area (TPSA) is 101 Å². The van der Waals surface area contributed by atoms with E-state index < -0.39 is 10.2 Å². The van der Waals surface area contributed by atoms with Gasteiger partial charge in [0.05, 0.1) is 0 Å². The molecule has 6 nitrogen and oxygen atoms in total. The molecule has 0 aromatic heterocycles. The van der Waals surface area contributed by atoms with Crippen molar-refractivity contribution in [2.75, 3.05) is 26.2 Å². The lowest BCUT2D eigenvalue weighted by Crippen LogP contribution is -2.47. The van der Waals surface area contributed by atoms with Crippen molar-refractivity contribution in [3.8, 4) is 0 Å². The van der Waals surface area contributed by atoms with Crippen LogP contribution in [0.5, 0.6) is 0 Å². The maximum absolute atomic E-state index is 10.7. The molecule has 0 atom stereocenters. The van der Waals surface area contributed by atoms with Crippen LogP contribution >= 0.6 is 0 Å². The fourth-order valence-corrected chi connectivity index (χ4v) is 2.39. The van der Waals surface area contributed by atoms with E-state index in [1.54, 1.807) is 0 Å². The number of nitrogens with two attached hydrogens (primary N) is 2. The highest BCUT2D eigenvalue weighted by Gasteiger charge is 2.20. The normalized spacial score (nSPS) is 21.3. The predicted octanol–water partition coefficient (Wildman–Crippen LogP) is -1.80. The van der Waals surface area contributed by atoms with Crippen molar-refractivity contribution in [1.29, 1.82) is 0 Å². The van der Waals surface area contributed by atoms with Gasteiger partial charge >= 0.3 is 0 Å². The third kappa shape index (κ3) is 4.34. The number of likely N-dealkylation sites (tertiary alicyclic amines) is 1. The van der Waals surface area contributed by atoms with Gasteiger partial charge < -0.3 is 10.6 Å². The van der Waals surface area contributed by atoms with E-state index >= 15 is 0 Å². The van der Waals surface area contributed by atoms with Crippen molar-refractivity contribution in [2.24, 2.45) is 10.9 Å². The second-order valence-electron chi connectivity index (χ2n) is 3.57. The molecule has 0 bridgehead atoms. The molecule has 14 heavy (non-hydrogen) atoms. The monoisotopic (exact) mass is 222 g/mol. The smallest absolute Gasteiger partial charge is 0.274 e. The zero-order valence-corrected chi connectivity index (χ0v) is 8.96. The summed E-state index contributed by atoms with van der Waals surface area (Å²) in [6, 6.07) is -0.0148. The SMILES string of the molecule is NCCN1CCC(NS(N)(=O)=O)CC1. The first kappa shape index (κ1) is 11.9. The van der Waals surface area contributed by atoms with Crippen LogP contribution in [0, 0.1) is 0 Å². The van der Waals surface area contributed by atoms with E-state index in [1.807, 2.05) is 0 Å². The number of rotatable bonds is 4. The van der Waals surface area contributed by atoms with Crippen LogP contribution in [-0.2, 0) is 10.2 Å². The van der Waals surface area contributed by atoms with E-state index in [0.29, 0.717) is 6.54 Å². The highest BCUT2D eigenvalue weighted by molar-refractivity contribution is 7.87. The van der Waals surface area contributed by atoms with E-state index in [1.165, 1.54) is 0 Å². The van der Waals surface area contributed by atoms with Crippen LogP contribution < -0.4 is 15.6 Å². The van der Waals surface area contributed by atoms with Crippen LogP contribution in [0.4, 0.5) is 0 Å². The summed E-state index contributed by atoms with van der Waals surface area (Å²) in [4.78, 5) is 2.22. The lowest BCUT2D eigenvalue weighted by atomic mass is 10.1. The molecule has 0 aliphatic carbocycles. The molecule has 1 saturated heterocycles. The van der Waals surface area contributed by atoms with Crippen LogP contribution in [-0.4, -0.2) is 45.5 Å². The maximum Gasteiger partial charge on any atom is 0.274 e.